The van der Waals surface area contributed by atoms with Gasteiger partial charge >= 0.3 is 5.97 Å². The highest BCUT2D eigenvalue weighted by atomic mass is 32.1. The quantitative estimate of drug-likeness (QED) is 0.469. The minimum absolute atomic E-state index is 0.155. The summed E-state index contributed by atoms with van der Waals surface area (Å²) in [4.78, 5) is 36.5. The first-order valence-electron chi connectivity index (χ1n) is 8.96. The van der Waals surface area contributed by atoms with E-state index in [0.29, 0.717) is 30.1 Å². The molecule has 0 atom stereocenters. The minimum Gasteiger partial charge on any atom is -0.452 e. The molecule has 0 fully saturated rings. The van der Waals surface area contributed by atoms with Gasteiger partial charge in [-0.05, 0) is 49.9 Å². The summed E-state index contributed by atoms with van der Waals surface area (Å²) >= 11 is 1.33. The van der Waals surface area contributed by atoms with E-state index in [0.717, 1.165) is 0 Å². The lowest BCUT2D eigenvalue weighted by Gasteiger charge is -2.09. The summed E-state index contributed by atoms with van der Waals surface area (Å²) in [6, 6.07) is 9.88. The molecule has 150 valence electrons. The lowest BCUT2D eigenvalue weighted by atomic mass is 10.2. The number of carbonyl (C=O) groups is 3. The highest BCUT2D eigenvalue weighted by Crippen LogP contribution is 2.15. The van der Waals surface area contributed by atoms with Crippen molar-refractivity contribution in [2.24, 2.45) is 0 Å². The van der Waals surface area contributed by atoms with E-state index in [-0.39, 0.29) is 30.1 Å². The molecule has 2 N–H and O–H groups in total. The Morgan fingerprint density at radius 1 is 1.14 bits per heavy atom. The van der Waals surface area contributed by atoms with Gasteiger partial charge in [-0.3, -0.25) is 9.59 Å². The number of amides is 2. The summed E-state index contributed by atoms with van der Waals surface area (Å²) in [5.74, 6) is -1.26. The number of ether oxygens (including phenoxy) is 2. The Morgan fingerprint density at radius 3 is 2.68 bits per heavy atom. The number of hydrogen-bond donors (Lipinski definition) is 2. The zero-order chi connectivity index (χ0) is 20.4. The molecule has 0 aliphatic rings. The summed E-state index contributed by atoms with van der Waals surface area (Å²) in [6.45, 7) is 4.53. The van der Waals surface area contributed by atoms with Gasteiger partial charge in [0.2, 0.25) is 0 Å². The Hall–Kier alpha value is -2.71. The molecular weight excluding hydrogens is 380 g/mol. The number of rotatable bonds is 10. The third-order valence-electron chi connectivity index (χ3n) is 3.53. The topological polar surface area (TPSA) is 93.7 Å². The molecule has 0 saturated carbocycles. The summed E-state index contributed by atoms with van der Waals surface area (Å²) in [5.41, 5.74) is 0.726. The predicted octanol–water partition coefficient (Wildman–Crippen LogP) is 3.09. The Labute approximate surface area is 168 Å². The smallest absolute Gasteiger partial charge is 0.338 e. The van der Waals surface area contributed by atoms with Crippen molar-refractivity contribution in [3.63, 3.8) is 0 Å². The monoisotopic (exact) mass is 404 g/mol. The highest BCUT2D eigenvalue weighted by Gasteiger charge is 2.12. The Bertz CT molecular complexity index is 790. The van der Waals surface area contributed by atoms with E-state index >= 15 is 0 Å². The number of anilines is 1. The first-order chi connectivity index (χ1) is 13.5. The molecule has 0 bridgehead atoms. The third kappa shape index (κ3) is 7.50. The van der Waals surface area contributed by atoms with Gasteiger partial charge < -0.3 is 20.1 Å². The number of benzene rings is 1. The molecule has 8 heteroatoms. The normalized spacial score (nSPS) is 10.5. The molecular formula is C20H24N2O5S. The van der Waals surface area contributed by atoms with E-state index in [4.69, 9.17) is 9.47 Å². The molecule has 0 unspecified atom stereocenters. The van der Waals surface area contributed by atoms with Crippen molar-refractivity contribution in [1.82, 2.24) is 5.32 Å². The van der Waals surface area contributed by atoms with E-state index in [1.165, 1.54) is 17.4 Å². The average molecular weight is 404 g/mol. The largest absolute Gasteiger partial charge is 0.452 e. The Morgan fingerprint density at radius 2 is 1.96 bits per heavy atom. The van der Waals surface area contributed by atoms with E-state index in [1.807, 2.05) is 19.2 Å². The summed E-state index contributed by atoms with van der Waals surface area (Å²) in [6.07, 6.45) is 0.839. The molecule has 0 aliphatic carbocycles. The Balaban J connectivity index is 1.76. The number of thiophene rings is 1. The molecule has 1 aromatic heterocycles. The van der Waals surface area contributed by atoms with Crippen LogP contribution < -0.4 is 10.6 Å². The van der Waals surface area contributed by atoms with Crippen molar-refractivity contribution >= 4 is 34.8 Å². The summed E-state index contributed by atoms with van der Waals surface area (Å²) in [7, 11) is 0. The minimum atomic E-state index is -0.634. The van der Waals surface area contributed by atoms with Crippen LogP contribution >= 0.6 is 11.3 Å². The molecule has 0 radical (unpaired) electrons. The van der Waals surface area contributed by atoms with E-state index in [2.05, 4.69) is 10.6 Å². The van der Waals surface area contributed by atoms with Crippen molar-refractivity contribution in [3.8, 4) is 0 Å². The second-order valence-electron chi connectivity index (χ2n) is 6.21. The van der Waals surface area contributed by atoms with Crippen molar-refractivity contribution in [2.75, 3.05) is 25.1 Å². The van der Waals surface area contributed by atoms with E-state index < -0.39 is 5.97 Å². The van der Waals surface area contributed by atoms with Crippen LogP contribution in [-0.4, -0.2) is 43.6 Å². The summed E-state index contributed by atoms with van der Waals surface area (Å²) < 4.78 is 10.4. The standard InChI is InChI=1S/C20H24N2O5S/c1-14(2)26-10-5-9-21-18(23)13-27-20(25)15-6-3-7-16(12-15)22-19(24)17-8-4-11-28-17/h3-4,6-8,11-12,14H,5,9-10,13H2,1-2H3,(H,21,23)(H,22,24). The van der Waals surface area contributed by atoms with Crippen molar-refractivity contribution in [1.29, 1.82) is 0 Å². The van der Waals surface area contributed by atoms with Gasteiger partial charge in [0.05, 0.1) is 16.5 Å². The van der Waals surface area contributed by atoms with Crippen LogP contribution in [0.5, 0.6) is 0 Å². The SMILES string of the molecule is CC(C)OCCCNC(=O)COC(=O)c1cccc(NC(=O)c2cccs2)c1. The molecule has 28 heavy (non-hydrogen) atoms. The van der Waals surface area contributed by atoms with Crippen LogP contribution in [-0.2, 0) is 14.3 Å². The average Bonchev–Trinajstić information content (AvgIpc) is 3.20. The second-order valence-corrected chi connectivity index (χ2v) is 7.16. The highest BCUT2D eigenvalue weighted by molar-refractivity contribution is 7.12. The Kier molecular flexibility index (Phi) is 8.64. The van der Waals surface area contributed by atoms with Crippen molar-refractivity contribution in [2.45, 2.75) is 26.4 Å². The molecule has 2 amide bonds. The van der Waals surface area contributed by atoms with E-state index in [9.17, 15) is 14.4 Å². The van der Waals surface area contributed by atoms with Crippen LogP contribution in [0.4, 0.5) is 5.69 Å². The van der Waals surface area contributed by atoms with Crippen molar-refractivity contribution < 1.29 is 23.9 Å². The number of nitrogens with one attached hydrogen (secondary N) is 2. The molecule has 2 aromatic rings. The maximum absolute atomic E-state index is 12.1. The van der Waals surface area contributed by atoms with Gasteiger partial charge in [0.15, 0.2) is 6.61 Å². The van der Waals surface area contributed by atoms with Gasteiger partial charge in [0, 0.05) is 18.8 Å². The van der Waals surface area contributed by atoms with Gasteiger partial charge in [-0.25, -0.2) is 4.79 Å². The van der Waals surface area contributed by atoms with Crippen LogP contribution in [0.3, 0.4) is 0 Å². The van der Waals surface area contributed by atoms with Crippen LogP contribution in [0.15, 0.2) is 41.8 Å². The fourth-order valence-electron chi connectivity index (χ4n) is 2.21. The van der Waals surface area contributed by atoms with Crippen LogP contribution in [0.1, 0.15) is 40.3 Å². The second kappa shape index (κ2) is 11.2. The fourth-order valence-corrected chi connectivity index (χ4v) is 2.83. The maximum atomic E-state index is 12.1. The molecule has 0 aliphatic heterocycles. The molecule has 0 spiro atoms. The van der Waals surface area contributed by atoms with Gasteiger partial charge in [-0.2, -0.15) is 0 Å². The number of carbonyl (C=O) groups excluding carboxylic acids is 3. The molecule has 1 heterocycles. The third-order valence-corrected chi connectivity index (χ3v) is 4.40. The molecule has 1 aromatic carbocycles. The van der Waals surface area contributed by atoms with Gasteiger partial charge in [-0.15, -0.1) is 11.3 Å². The lowest BCUT2D eigenvalue weighted by molar-refractivity contribution is -0.124. The van der Waals surface area contributed by atoms with Crippen LogP contribution in [0, 0.1) is 0 Å². The fraction of sp³-hybridized carbons (Fsp3) is 0.350. The molecule has 2 rings (SSSR count). The van der Waals surface area contributed by atoms with Crippen molar-refractivity contribution in [3.05, 3.63) is 52.2 Å². The van der Waals surface area contributed by atoms with E-state index in [1.54, 1.807) is 30.3 Å². The number of hydrogen-bond acceptors (Lipinski definition) is 6. The van der Waals surface area contributed by atoms with Crippen LogP contribution in [0.25, 0.3) is 0 Å². The lowest BCUT2D eigenvalue weighted by Crippen LogP contribution is -2.30. The predicted molar refractivity (Wildman–Crippen MR) is 108 cm³/mol. The molecule has 0 saturated heterocycles. The molecule has 7 nitrogen and oxygen atoms in total. The first-order valence-corrected chi connectivity index (χ1v) is 9.84. The van der Waals surface area contributed by atoms with Gasteiger partial charge in [0.25, 0.3) is 11.8 Å². The number of esters is 1. The van der Waals surface area contributed by atoms with Crippen LogP contribution in [0.2, 0.25) is 0 Å². The van der Waals surface area contributed by atoms with Gasteiger partial charge in [0.1, 0.15) is 0 Å². The zero-order valence-corrected chi connectivity index (χ0v) is 16.7. The maximum Gasteiger partial charge on any atom is 0.338 e. The zero-order valence-electron chi connectivity index (χ0n) is 15.9. The van der Waals surface area contributed by atoms with Gasteiger partial charge in [-0.1, -0.05) is 12.1 Å². The summed E-state index contributed by atoms with van der Waals surface area (Å²) in [5, 5.41) is 7.20. The first kappa shape index (κ1) is 21.6.